The van der Waals surface area contributed by atoms with Gasteiger partial charge >= 0.3 is 12.4 Å². The molecule has 36 heavy (non-hydrogen) atoms. The molecular weight excluding hydrogens is 514 g/mol. The molecule has 1 unspecified atom stereocenters. The average molecular weight is 532 g/mol. The average Bonchev–Trinajstić information content (AvgIpc) is 3.20. The van der Waals surface area contributed by atoms with Crippen LogP contribution in [0.25, 0.3) is 0 Å². The number of fused-ring (bicyclic) bond motifs is 1. The number of halogens is 6. The minimum atomic E-state index is -5.09. The topological polar surface area (TPSA) is 67.9 Å². The second-order valence-electron chi connectivity index (χ2n) is 8.00. The van der Waals surface area contributed by atoms with Crippen molar-refractivity contribution in [3.8, 4) is 11.5 Å². The van der Waals surface area contributed by atoms with Crippen LogP contribution in [0.1, 0.15) is 23.0 Å². The van der Waals surface area contributed by atoms with Crippen molar-refractivity contribution in [2.75, 3.05) is 23.7 Å². The normalized spacial score (nSPS) is 15.6. The summed E-state index contributed by atoms with van der Waals surface area (Å²) in [5.41, 5.74) is -4.50. The number of hydrogen-bond acceptors (Lipinski definition) is 5. The van der Waals surface area contributed by atoms with E-state index >= 15 is 0 Å². The molecule has 192 valence electrons. The largest absolute Gasteiger partial charge is 0.447 e. The lowest BCUT2D eigenvalue weighted by Crippen LogP contribution is -2.23. The molecule has 0 amide bonds. The van der Waals surface area contributed by atoms with Gasteiger partial charge in [-0.25, -0.2) is 8.42 Å². The lowest BCUT2D eigenvalue weighted by molar-refractivity contribution is -0.142. The molecule has 6 nitrogen and oxygen atoms in total. The number of rotatable bonds is 5. The maximum atomic E-state index is 13.7. The zero-order chi connectivity index (χ0) is 26.5. The predicted molar refractivity (Wildman–Crippen MR) is 118 cm³/mol. The van der Waals surface area contributed by atoms with E-state index in [2.05, 4.69) is 4.72 Å². The number of nitrogens with zero attached hydrogens (tertiary/aromatic N) is 1. The number of sulfonamides is 1. The van der Waals surface area contributed by atoms with E-state index in [9.17, 15) is 34.8 Å². The molecule has 13 heteroatoms. The van der Waals surface area contributed by atoms with Gasteiger partial charge in [0, 0.05) is 25.7 Å². The fourth-order valence-electron chi connectivity index (χ4n) is 3.67. The van der Waals surface area contributed by atoms with E-state index in [4.69, 9.17) is 9.47 Å². The Morgan fingerprint density at radius 2 is 1.36 bits per heavy atom. The Balaban J connectivity index is 1.68. The molecule has 0 aliphatic carbocycles. The minimum absolute atomic E-state index is 0.0131. The van der Waals surface area contributed by atoms with Crippen molar-refractivity contribution < 1.29 is 44.2 Å². The monoisotopic (exact) mass is 532 g/mol. The smallest absolute Gasteiger partial charge is 0.418 e. The van der Waals surface area contributed by atoms with Crippen molar-refractivity contribution in [1.29, 1.82) is 0 Å². The van der Waals surface area contributed by atoms with Crippen LogP contribution >= 0.6 is 0 Å². The maximum absolute atomic E-state index is 13.7. The lowest BCUT2D eigenvalue weighted by Gasteiger charge is -2.26. The molecule has 3 aromatic carbocycles. The van der Waals surface area contributed by atoms with Crippen molar-refractivity contribution in [2.24, 2.45) is 0 Å². The van der Waals surface area contributed by atoms with E-state index in [1.54, 1.807) is 6.07 Å². The van der Waals surface area contributed by atoms with Crippen LogP contribution in [0.15, 0.2) is 65.6 Å². The number of ether oxygens (including phenoxy) is 2. The highest BCUT2D eigenvalue weighted by Gasteiger charge is 2.43. The first-order chi connectivity index (χ1) is 16.7. The Hall–Kier alpha value is -3.61. The Kier molecular flexibility index (Phi) is 6.23. The van der Waals surface area contributed by atoms with Gasteiger partial charge in [-0.1, -0.05) is 18.2 Å². The van der Waals surface area contributed by atoms with E-state index in [0.717, 1.165) is 19.0 Å². The Bertz CT molecular complexity index is 1350. The SMILES string of the molecule is CN(C)c1c(C(F)(F)F)cc(C2Oc3ccc(NS(=O)(=O)c4ccccc4)cc3O2)cc1C(F)(F)F. The van der Waals surface area contributed by atoms with Crippen LogP contribution in [0.2, 0.25) is 0 Å². The number of alkyl halides is 6. The number of anilines is 2. The number of benzene rings is 3. The summed E-state index contributed by atoms with van der Waals surface area (Å²) in [7, 11) is -1.80. The maximum Gasteiger partial charge on any atom is 0.418 e. The third-order valence-corrected chi connectivity index (χ3v) is 6.58. The van der Waals surface area contributed by atoms with Crippen LogP contribution in [0.5, 0.6) is 11.5 Å². The summed E-state index contributed by atoms with van der Waals surface area (Å²) in [5, 5.41) is 0. The Morgan fingerprint density at radius 1 is 0.806 bits per heavy atom. The summed E-state index contributed by atoms with van der Waals surface area (Å²) >= 11 is 0. The van der Waals surface area contributed by atoms with E-state index in [1.165, 1.54) is 42.5 Å². The summed E-state index contributed by atoms with van der Waals surface area (Å²) in [6.07, 6.45) is -11.8. The summed E-state index contributed by atoms with van der Waals surface area (Å²) in [6, 6.07) is 12.4. The van der Waals surface area contributed by atoms with Gasteiger partial charge in [0.2, 0.25) is 0 Å². The highest BCUT2D eigenvalue weighted by molar-refractivity contribution is 7.92. The fourth-order valence-corrected chi connectivity index (χ4v) is 4.74. The molecule has 0 spiro atoms. The first kappa shape index (κ1) is 25.5. The van der Waals surface area contributed by atoms with Crippen LogP contribution in [-0.2, 0) is 22.4 Å². The highest BCUT2D eigenvalue weighted by atomic mass is 32.2. The Morgan fingerprint density at radius 3 is 1.89 bits per heavy atom. The quantitative estimate of drug-likeness (QED) is 0.405. The van der Waals surface area contributed by atoms with E-state index < -0.39 is 51.0 Å². The van der Waals surface area contributed by atoms with Gasteiger partial charge in [0.1, 0.15) is 0 Å². The van der Waals surface area contributed by atoms with Crippen molar-refractivity contribution >= 4 is 21.4 Å². The van der Waals surface area contributed by atoms with Gasteiger partial charge in [-0.2, -0.15) is 26.3 Å². The van der Waals surface area contributed by atoms with Gasteiger partial charge in [-0.15, -0.1) is 0 Å². The zero-order valence-corrected chi connectivity index (χ0v) is 19.4. The molecule has 1 aliphatic heterocycles. The molecule has 0 aromatic heterocycles. The van der Waals surface area contributed by atoms with Crippen LogP contribution in [0.4, 0.5) is 37.7 Å². The van der Waals surface area contributed by atoms with Crippen LogP contribution in [0.3, 0.4) is 0 Å². The summed E-state index contributed by atoms with van der Waals surface area (Å²) in [6.45, 7) is 0. The third-order valence-electron chi connectivity index (χ3n) is 5.18. The van der Waals surface area contributed by atoms with Gasteiger partial charge < -0.3 is 14.4 Å². The van der Waals surface area contributed by atoms with Gasteiger partial charge in [-0.3, -0.25) is 4.72 Å². The first-order valence-corrected chi connectivity index (χ1v) is 11.7. The summed E-state index contributed by atoms with van der Waals surface area (Å²) in [4.78, 5) is 0.729. The minimum Gasteiger partial charge on any atom is -0.447 e. The van der Waals surface area contributed by atoms with Crippen molar-refractivity contribution in [3.63, 3.8) is 0 Å². The standard InChI is InChI=1S/C23H18F6N2O4S/c1-31(2)20-16(22(24,25)26)10-13(11-17(20)23(27,28)29)21-34-18-9-8-14(12-19(18)35-21)30-36(32,33)15-6-4-3-5-7-15/h3-12,21,30H,1-2H3. The van der Waals surface area contributed by atoms with Crippen molar-refractivity contribution in [1.82, 2.24) is 0 Å². The summed E-state index contributed by atoms with van der Waals surface area (Å²) < 4.78 is 121. The van der Waals surface area contributed by atoms with E-state index in [0.29, 0.717) is 12.1 Å². The predicted octanol–water partition coefficient (Wildman–Crippen LogP) is 6.06. The van der Waals surface area contributed by atoms with Gasteiger partial charge in [0.25, 0.3) is 16.3 Å². The van der Waals surface area contributed by atoms with Crippen LogP contribution in [0, 0.1) is 0 Å². The Labute approximate surface area is 202 Å². The number of nitrogens with one attached hydrogen (secondary N) is 1. The second-order valence-corrected chi connectivity index (χ2v) is 9.68. The fraction of sp³-hybridized carbons (Fsp3) is 0.217. The van der Waals surface area contributed by atoms with E-state index in [-0.39, 0.29) is 22.1 Å². The first-order valence-electron chi connectivity index (χ1n) is 10.2. The molecule has 1 heterocycles. The lowest BCUT2D eigenvalue weighted by atomic mass is 10.00. The number of hydrogen-bond donors (Lipinski definition) is 1. The van der Waals surface area contributed by atoms with Crippen LogP contribution < -0.4 is 19.1 Å². The van der Waals surface area contributed by atoms with Gasteiger partial charge in [0.05, 0.1) is 27.4 Å². The molecule has 1 aliphatic rings. The third kappa shape index (κ3) is 5.01. The molecule has 0 radical (unpaired) electrons. The molecule has 3 aromatic rings. The van der Waals surface area contributed by atoms with E-state index in [1.807, 2.05) is 0 Å². The van der Waals surface area contributed by atoms with Crippen LogP contribution in [-0.4, -0.2) is 22.5 Å². The molecule has 0 fully saturated rings. The molecule has 4 rings (SSSR count). The second kappa shape index (κ2) is 8.80. The van der Waals surface area contributed by atoms with Gasteiger partial charge in [-0.05, 0) is 36.4 Å². The molecule has 1 atom stereocenters. The zero-order valence-electron chi connectivity index (χ0n) is 18.6. The molecule has 0 bridgehead atoms. The molecule has 1 N–H and O–H groups in total. The molecular formula is C23H18F6N2O4S. The van der Waals surface area contributed by atoms with Gasteiger partial charge in [0.15, 0.2) is 11.5 Å². The van der Waals surface area contributed by atoms with Crippen molar-refractivity contribution in [3.05, 3.63) is 77.4 Å². The molecule has 0 saturated heterocycles. The van der Waals surface area contributed by atoms with Crippen molar-refractivity contribution in [2.45, 2.75) is 23.5 Å². The highest BCUT2D eigenvalue weighted by Crippen LogP contribution is 2.48. The molecule has 0 saturated carbocycles. The summed E-state index contributed by atoms with van der Waals surface area (Å²) in [5.74, 6) is -0.0477.